The minimum Gasteiger partial charge on any atom is -0.459 e. The summed E-state index contributed by atoms with van der Waals surface area (Å²) >= 11 is 6.04. The van der Waals surface area contributed by atoms with Crippen LogP contribution in [0.2, 0.25) is 0 Å². The second-order valence-electron chi connectivity index (χ2n) is 13.1. The lowest BCUT2D eigenvalue weighted by Crippen LogP contribution is -2.50. The van der Waals surface area contributed by atoms with E-state index in [1.54, 1.807) is 19.4 Å². The van der Waals surface area contributed by atoms with Crippen molar-refractivity contribution in [3.05, 3.63) is 22.3 Å². The molecule has 4 aliphatic carbocycles. The summed E-state index contributed by atoms with van der Waals surface area (Å²) in [5, 5.41) is 0.534. The molecule has 3 saturated carbocycles. The van der Waals surface area contributed by atoms with E-state index in [4.69, 9.17) is 16.3 Å². The zero-order valence-electron chi connectivity index (χ0n) is 23.3. The monoisotopic (exact) mass is 502 g/mol. The highest BCUT2D eigenvalue weighted by molar-refractivity contribution is 6.31. The van der Waals surface area contributed by atoms with Crippen LogP contribution in [0.3, 0.4) is 0 Å². The van der Waals surface area contributed by atoms with Crippen LogP contribution in [0.1, 0.15) is 131 Å². The number of esters is 1. The zero-order chi connectivity index (χ0) is 25.2. The van der Waals surface area contributed by atoms with E-state index in [9.17, 15) is 4.79 Å². The Balaban J connectivity index is 1.38. The second kappa shape index (κ2) is 11.3. The summed E-state index contributed by atoms with van der Waals surface area (Å²) in [5.41, 5.74) is 3.00. The van der Waals surface area contributed by atoms with E-state index < -0.39 is 0 Å². The molecule has 2 nitrogen and oxygen atoms in total. The SMILES string of the molecule is CCCCCCCCC1CCC2C3CC=C4C[C@@H](OC(=O)/C(C)=C(/C)Cl)CC[C@]4(C)C3CC[C@]12C. The fraction of sp³-hybridized carbons (Fsp3) is 0.844. The van der Waals surface area contributed by atoms with Gasteiger partial charge in [0, 0.05) is 17.0 Å². The lowest BCUT2D eigenvalue weighted by Gasteiger charge is -2.58. The number of ether oxygens (including phenoxy) is 1. The van der Waals surface area contributed by atoms with E-state index in [0.717, 1.165) is 42.9 Å². The Morgan fingerprint density at radius 3 is 2.49 bits per heavy atom. The average Bonchev–Trinajstić information content (AvgIpc) is 3.17. The fourth-order valence-electron chi connectivity index (χ4n) is 8.86. The molecule has 4 aliphatic rings. The van der Waals surface area contributed by atoms with Gasteiger partial charge in [-0.1, -0.05) is 82.5 Å². The molecule has 0 aromatic heterocycles. The number of fused-ring (bicyclic) bond motifs is 5. The first-order chi connectivity index (χ1) is 16.7. The van der Waals surface area contributed by atoms with Crippen molar-refractivity contribution in [1.82, 2.24) is 0 Å². The summed E-state index contributed by atoms with van der Waals surface area (Å²) in [4.78, 5) is 12.5. The molecule has 0 saturated heterocycles. The second-order valence-corrected chi connectivity index (χ2v) is 13.6. The van der Waals surface area contributed by atoms with Gasteiger partial charge in [0.2, 0.25) is 0 Å². The first-order valence-corrected chi connectivity index (χ1v) is 15.3. The van der Waals surface area contributed by atoms with Crippen LogP contribution in [0.15, 0.2) is 22.3 Å². The van der Waals surface area contributed by atoms with Gasteiger partial charge in [0.15, 0.2) is 0 Å². The molecular weight excluding hydrogens is 452 g/mol. The van der Waals surface area contributed by atoms with Crippen molar-refractivity contribution >= 4 is 17.6 Å². The van der Waals surface area contributed by atoms with Gasteiger partial charge in [0.05, 0.1) is 0 Å². The largest absolute Gasteiger partial charge is 0.459 e. The summed E-state index contributed by atoms with van der Waals surface area (Å²) in [6, 6.07) is 0. The van der Waals surface area contributed by atoms with Gasteiger partial charge in [0.1, 0.15) is 6.10 Å². The van der Waals surface area contributed by atoms with E-state index in [2.05, 4.69) is 26.8 Å². The lowest BCUT2D eigenvalue weighted by molar-refractivity contribution is -0.146. The van der Waals surface area contributed by atoms with Gasteiger partial charge < -0.3 is 4.74 Å². The molecule has 4 rings (SSSR count). The van der Waals surface area contributed by atoms with E-state index >= 15 is 0 Å². The molecule has 4 unspecified atom stereocenters. The highest BCUT2D eigenvalue weighted by atomic mass is 35.5. The molecule has 0 heterocycles. The van der Waals surface area contributed by atoms with Crippen LogP contribution >= 0.6 is 11.6 Å². The van der Waals surface area contributed by atoms with Crippen LogP contribution in [0.25, 0.3) is 0 Å². The molecule has 198 valence electrons. The van der Waals surface area contributed by atoms with Gasteiger partial charge in [-0.05, 0) is 99.7 Å². The molecule has 3 fully saturated rings. The van der Waals surface area contributed by atoms with Crippen LogP contribution in [-0.2, 0) is 9.53 Å². The number of hydrogen-bond donors (Lipinski definition) is 0. The molecule has 0 aliphatic heterocycles. The third kappa shape index (κ3) is 5.44. The van der Waals surface area contributed by atoms with Gasteiger partial charge in [-0.25, -0.2) is 4.79 Å². The summed E-state index contributed by atoms with van der Waals surface area (Å²) in [5.74, 6) is 3.30. The number of carbonyl (C=O) groups is 1. The van der Waals surface area contributed by atoms with E-state index in [0.29, 0.717) is 21.4 Å². The van der Waals surface area contributed by atoms with Crippen LogP contribution < -0.4 is 0 Å². The average molecular weight is 503 g/mol. The highest BCUT2D eigenvalue weighted by Crippen LogP contribution is 2.66. The van der Waals surface area contributed by atoms with Crippen molar-refractivity contribution in [2.75, 3.05) is 0 Å². The topological polar surface area (TPSA) is 26.3 Å². The number of rotatable bonds is 9. The normalized spacial score (nSPS) is 39.1. The van der Waals surface area contributed by atoms with Gasteiger partial charge in [-0.15, -0.1) is 0 Å². The summed E-state index contributed by atoms with van der Waals surface area (Å²) in [7, 11) is 0. The molecule has 0 aromatic rings. The van der Waals surface area contributed by atoms with Crippen molar-refractivity contribution in [3.63, 3.8) is 0 Å². The van der Waals surface area contributed by atoms with Crippen LogP contribution in [0.4, 0.5) is 0 Å². The van der Waals surface area contributed by atoms with Crippen molar-refractivity contribution in [3.8, 4) is 0 Å². The molecule has 7 atom stereocenters. The van der Waals surface area contributed by atoms with E-state index in [1.807, 2.05) is 0 Å². The maximum absolute atomic E-state index is 12.5. The van der Waals surface area contributed by atoms with E-state index in [-0.39, 0.29) is 12.1 Å². The number of carbonyl (C=O) groups excluding carboxylic acids is 1. The molecule has 0 amide bonds. The quantitative estimate of drug-likeness (QED) is 0.136. The van der Waals surface area contributed by atoms with Crippen molar-refractivity contribution in [2.24, 2.45) is 34.5 Å². The number of unbranched alkanes of at least 4 members (excludes halogenated alkanes) is 5. The molecule has 0 spiro atoms. The van der Waals surface area contributed by atoms with Crippen molar-refractivity contribution in [2.45, 2.75) is 137 Å². The fourth-order valence-corrected chi connectivity index (χ4v) is 8.94. The van der Waals surface area contributed by atoms with Crippen LogP contribution in [0, 0.1) is 34.5 Å². The smallest absolute Gasteiger partial charge is 0.335 e. The third-order valence-electron chi connectivity index (χ3n) is 11.3. The van der Waals surface area contributed by atoms with Gasteiger partial charge in [-0.2, -0.15) is 0 Å². The highest BCUT2D eigenvalue weighted by Gasteiger charge is 2.58. The predicted molar refractivity (Wildman–Crippen MR) is 147 cm³/mol. The maximum atomic E-state index is 12.5. The lowest BCUT2D eigenvalue weighted by atomic mass is 9.47. The first kappa shape index (κ1) is 27.3. The molecule has 0 aromatic carbocycles. The van der Waals surface area contributed by atoms with Gasteiger partial charge in [0.25, 0.3) is 0 Å². The van der Waals surface area contributed by atoms with Crippen LogP contribution in [0.5, 0.6) is 0 Å². The Bertz CT molecular complexity index is 823. The van der Waals surface area contributed by atoms with Gasteiger partial charge in [-0.3, -0.25) is 0 Å². The molecule has 0 radical (unpaired) electrons. The Morgan fingerprint density at radius 1 is 1.00 bits per heavy atom. The van der Waals surface area contributed by atoms with Gasteiger partial charge >= 0.3 is 5.97 Å². The molecule has 0 N–H and O–H groups in total. The third-order valence-corrected chi connectivity index (χ3v) is 11.5. The zero-order valence-corrected chi connectivity index (χ0v) is 24.0. The molecule has 35 heavy (non-hydrogen) atoms. The number of halogens is 1. The molecule has 3 heteroatoms. The minimum absolute atomic E-state index is 0.00591. The van der Waals surface area contributed by atoms with Crippen molar-refractivity contribution < 1.29 is 9.53 Å². The Kier molecular flexibility index (Phi) is 8.82. The Morgan fingerprint density at radius 2 is 1.74 bits per heavy atom. The first-order valence-electron chi connectivity index (χ1n) is 14.9. The van der Waals surface area contributed by atoms with E-state index in [1.165, 1.54) is 77.0 Å². The number of hydrogen-bond acceptors (Lipinski definition) is 2. The maximum Gasteiger partial charge on any atom is 0.335 e. The standard InChI is InChI=1S/C32H51ClO2/c1-6-7-8-9-10-11-12-24-14-16-28-27-15-13-25-21-26(35-30(34)22(2)23(3)33)17-19-32(25,5)29(27)18-20-31(24,28)4/h13,24,26-29H,6-12,14-21H2,1-5H3/b23-22-/t24?,26-,27?,28?,29?,31+,32-/m0/s1. The molecule has 0 bridgehead atoms. The minimum atomic E-state index is -0.240. The predicted octanol–water partition coefficient (Wildman–Crippen LogP) is 9.76. The van der Waals surface area contributed by atoms with Crippen molar-refractivity contribution in [1.29, 1.82) is 0 Å². The number of allylic oxidation sites excluding steroid dienone is 2. The van der Waals surface area contributed by atoms with Crippen LogP contribution in [-0.4, -0.2) is 12.1 Å². The Hall–Kier alpha value is -0.760. The Labute approximate surface area is 220 Å². The summed E-state index contributed by atoms with van der Waals surface area (Å²) in [6.45, 7) is 11.1. The summed E-state index contributed by atoms with van der Waals surface area (Å²) in [6.07, 6.45) is 22.7. The molecular formula is C32H51ClO2. The summed E-state index contributed by atoms with van der Waals surface area (Å²) < 4.78 is 5.89.